The molecule has 37 heavy (non-hydrogen) atoms. The lowest BCUT2D eigenvalue weighted by molar-refractivity contribution is -0.135. The molecule has 0 fully saturated rings. The summed E-state index contributed by atoms with van der Waals surface area (Å²) in [6, 6.07) is 2.18. The number of carbonyl (C=O) groups excluding carboxylic acids is 1. The minimum Gasteiger partial charge on any atom is -0.443 e. The molecule has 0 saturated carbocycles. The molecule has 15 heteroatoms. The maximum Gasteiger partial charge on any atom is 0.417 e. The van der Waals surface area contributed by atoms with E-state index in [0.717, 1.165) is 11.0 Å². The Morgan fingerprint density at radius 3 is 2.19 bits per heavy atom. The Bertz CT molecular complexity index is 1150. The third-order valence-electron chi connectivity index (χ3n) is 4.62. The third-order valence-corrected chi connectivity index (χ3v) is 7.40. The first-order chi connectivity index (χ1) is 16.9. The van der Waals surface area contributed by atoms with Crippen LogP contribution in [0.4, 0.5) is 32.7 Å². The van der Waals surface area contributed by atoms with Crippen LogP contribution >= 0.6 is 23.5 Å². The molecular weight excluding hydrogens is 592 g/mol. The fraction of sp³-hybridized carbons (Fsp3) is 0.591. The van der Waals surface area contributed by atoms with Crippen molar-refractivity contribution in [3.05, 3.63) is 28.4 Å². The van der Waals surface area contributed by atoms with Gasteiger partial charge in [0.2, 0.25) is 5.95 Å². The molecule has 1 aromatic heterocycles. The fourth-order valence-corrected chi connectivity index (χ4v) is 5.44. The van der Waals surface area contributed by atoms with Crippen molar-refractivity contribution in [1.29, 1.82) is 0 Å². The number of fused-ring (bicyclic) bond motifs is 1. The minimum atomic E-state index is -4.95. The number of carbonyl (C=O) groups is 1. The van der Waals surface area contributed by atoms with Gasteiger partial charge in [0.1, 0.15) is 5.60 Å². The van der Waals surface area contributed by atoms with Crippen molar-refractivity contribution in [1.82, 2.24) is 9.97 Å². The van der Waals surface area contributed by atoms with Gasteiger partial charge in [-0.05, 0) is 53.2 Å². The normalized spacial score (nSPS) is 13.2. The Labute approximate surface area is 219 Å². The van der Waals surface area contributed by atoms with Crippen LogP contribution in [0.3, 0.4) is 0 Å². The number of aromatic nitrogens is 2. The SMILES string of the molecule is CCOP(=O)(OCC)C(F)(F)c1cc2nc(N(CCCC(F)(F)F)C(=O)OC(C)(C)C)ncc2cc1Br. The summed E-state index contributed by atoms with van der Waals surface area (Å²) >= 11 is 3.05. The Morgan fingerprint density at radius 2 is 1.68 bits per heavy atom. The molecule has 8 nitrogen and oxygen atoms in total. The van der Waals surface area contributed by atoms with Crippen LogP contribution in [0.1, 0.15) is 53.0 Å². The number of nitrogens with zero attached hydrogens (tertiary/aromatic N) is 3. The smallest absolute Gasteiger partial charge is 0.417 e. The predicted molar refractivity (Wildman–Crippen MR) is 131 cm³/mol. The molecule has 0 radical (unpaired) electrons. The highest BCUT2D eigenvalue weighted by Crippen LogP contribution is 2.67. The Kier molecular flexibility index (Phi) is 10.1. The van der Waals surface area contributed by atoms with E-state index < -0.39 is 56.1 Å². The van der Waals surface area contributed by atoms with Crippen LogP contribution in [-0.4, -0.2) is 47.6 Å². The van der Waals surface area contributed by atoms with E-state index in [1.54, 1.807) is 20.8 Å². The van der Waals surface area contributed by atoms with Gasteiger partial charge < -0.3 is 13.8 Å². The van der Waals surface area contributed by atoms with Gasteiger partial charge in [-0.15, -0.1) is 0 Å². The van der Waals surface area contributed by atoms with E-state index in [1.807, 2.05) is 0 Å². The minimum absolute atomic E-state index is 0.0909. The van der Waals surface area contributed by atoms with Crippen LogP contribution in [0, 0.1) is 0 Å². The van der Waals surface area contributed by atoms with Crippen LogP contribution in [0.5, 0.6) is 0 Å². The number of benzene rings is 1. The molecule has 0 unspecified atom stereocenters. The number of hydrogen-bond acceptors (Lipinski definition) is 7. The first-order valence-electron chi connectivity index (χ1n) is 11.2. The molecule has 0 atom stereocenters. The second kappa shape index (κ2) is 11.9. The van der Waals surface area contributed by atoms with Gasteiger partial charge >= 0.3 is 25.5 Å². The standard InChI is InChI=1S/C22H28BrF5N3O5P/c1-6-34-37(33,35-7-2)22(27,28)15-12-17-14(11-16(15)23)13-29-18(30-17)31(10-8-9-21(24,25)26)19(32)36-20(3,4)5/h11-13H,6-10H2,1-5H3. The number of halogens is 6. The molecule has 2 aromatic rings. The second-order valence-corrected chi connectivity index (χ2v) is 11.7. The number of hydrogen-bond donors (Lipinski definition) is 0. The number of alkyl halides is 5. The van der Waals surface area contributed by atoms with E-state index >= 15 is 8.78 Å². The van der Waals surface area contributed by atoms with Crippen molar-refractivity contribution in [3.63, 3.8) is 0 Å². The average molecular weight is 620 g/mol. The van der Waals surface area contributed by atoms with Crippen molar-refractivity contribution in [3.8, 4) is 0 Å². The van der Waals surface area contributed by atoms with Crippen LogP contribution in [0.15, 0.2) is 22.8 Å². The van der Waals surface area contributed by atoms with Gasteiger partial charge in [-0.2, -0.15) is 22.0 Å². The summed E-state index contributed by atoms with van der Waals surface area (Å²) in [7, 11) is -4.95. The summed E-state index contributed by atoms with van der Waals surface area (Å²) in [5, 5.41) is 0.261. The number of anilines is 1. The fourth-order valence-electron chi connectivity index (χ4n) is 3.12. The molecule has 1 amide bonds. The largest absolute Gasteiger partial charge is 0.443 e. The summed E-state index contributed by atoms with van der Waals surface area (Å²) in [5.74, 6) is -0.349. The maximum absolute atomic E-state index is 15.4. The van der Waals surface area contributed by atoms with Gasteiger partial charge in [0.05, 0.1) is 18.7 Å². The Morgan fingerprint density at radius 1 is 1.08 bits per heavy atom. The van der Waals surface area contributed by atoms with E-state index in [9.17, 15) is 22.5 Å². The van der Waals surface area contributed by atoms with Gasteiger partial charge in [-0.1, -0.05) is 15.9 Å². The Hall–Kier alpha value is -1.89. The van der Waals surface area contributed by atoms with Gasteiger partial charge in [0.25, 0.3) is 0 Å². The summed E-state index contributed by atoms with van der Waals surface area (Å²) in [6.07, 6.45) is -5.89. The monoisotopic (exact) mass is 619 g/mol. The zero-order valence-corrected chi connectivity index (χ0v) is 23.3. The van der Waals surface area contributed by atoms with E-state index in [-0.39, 0.29) is 34.5 Å². The zero-order chi connectivity index (χ0) is 28.2. The molecule has 0 bridgehead atoms. The van der Waals surface area contributed by atoms with Crippen molar-refractivity contribution in [2.24, 2.45) is 0 Å². The van der Waals surface area contributed by atoms with Crippen LogP contribution in [0.2, 0.25) is 0 Å². The molecule has 208 valence electrons. The molecule has 0 saturated heterocycles. The lowest BCUT2D eigenvalue weighted by Gasteiger charge is -2.27. The van der Waals surface area contributed by atoms with Gasteiger partial charge in [0.15, 0.2) is 0 Å². The van der Waals surface area contributed by atoms with Crippen LogP contribution in [-0.2, 0) is 24.0 Å². The van der Waals surface area contributed by atoms with Crippen molar-refractivity contribution in [2.45, 2.75) is 64.9 Å². The molecule has 0 aliphatic carbocycles. The van der Waals surface area contributed by atoms with E-state index in [2.05, 4.69) is 25.9 Å². The van der Waals surface area contributed by atoms with Gasteiger partial charge in [-0.25, -0.2) is 19.7 Å². The van der Waals surface area contributed by atoms with E-state index in [4.69, 9.17) is 13.8 Å². The molecule has 1 aromatic carbocycles. The highest BCUT2D eigenvalue weighted by molar-refractivity contribution is 9.10. The van der Waals surface area contributed by atoms with Crippen LogP contribution < -0.4 is 4.90 Å². The van der Waals surface area contributed by atoms with Crippen molar-refractivity contribution >= 4 is 46.5 Å². The molecule has 1 heterocycles. The highest BCUT2D eigenvalue weighted by Gasteiger charge is 2.55. The molecule has 0 aliphatic heterocycles. The van der Waals surface area contributed by atoms with E-state index in [0.29, 0.717) is 0 Å². The predicted octanol–water partition coefficient (Wildman–Crippen LogP) is 7.79. The van der Waals surface area contributed by atoms with Gasteiger partial charge in [-0.3, -0.25) is 4.57 Å². The lowest BCUT2D eigenvalue weighted by atomic mass is 10.1. The second-order valence-electron chi connectivity index (χ2n) is 8.79. The molecule has 0 N–H and O–H groups in total. The topological polar surface area (TPSA) is 90.9 Å². The molecule has 0 aliphatic rings. The molecular formula is C22H28BrF5N3O5P. The van der Waals surface area contributed by atoms with Crippen molar-refractivity contribution in [2.75, 3.05) is 24.7 Å². The molecule has 0 spiro atoms. The highest BCUT2D eigenvalue weighted by atomic mass is 79.9. The Balaban J connectivity index is 2.58. The first kappa shape index (κ1) is 31.3. The maximum atomic E-state index is 15.4. The summed E-state index contributed by atoms with van der Waals surface area (Å²) < 4.78 is 96.7. The number of amides is 1. The van der Waals surface area contributed by atoms with Crippen LogP contribution in [0.25, 0.3) is 10.9 Å². The third kappa shape index (κ3) is 8.05. The zero-order valence-electron chi connectivity index (χ0n) is 20.9. The summed E-state index contributed by atoms with van der Waals surface area (Å²) in [6.45, 7) is 6.45. The lowest BCUT2D eigenvalue weighted by Crippen LogP contribution is -2.38. The number of rotatable bonds is 10. The van der Waals surface area contributed by atoms with Crippen molar-refractivity contribution < 1.29 is 45.1 Å². The molecule has 2 rings (SSSR count). The quantitative estimate of drug-likeness (QED) is 0.198. The summed E-state index contributed by atoms with van der Waals surface area (Å²) in [4.78, 5) is 21.7. The van der Waals surface area contributed by atoms with Gasteiger partial charge in [0, 0.05) is 34.6 Å². The van der Waals surface area contributed by atoms with E-state index in [1.165, 1.54) is 26.1 Å². The summed E-state index contributed by atoms with van der Waals surface area (Å²) in [5.41, 5.74) is -5.91. The average Bonchev–Trinajstić information content (AvgIpc) is 2.74. The first-order valence-corrected chi connectivity index (χ1v) is 13.6. The number of ether oxygens (including phenoxy) is 1.